The third kappa shape index (κ3) is 1.20. The minimum Gasteiger partial charge on any atom is -0.493 e. The summed E-state index contributed by atoms with van der Waals surface area (Å²) in [6.45, 7) is 0. The molecule has 0 spiro atoms. The van der Waals surface area contributed by atoms with Crippen LogP contribution in [0.3, 0.4) is 0 Å². The van der Waals surface area contributed by atoms with Crippen molar-refractivity contribution >= 4 is 10.9 Å². The summed E-state index contributed by atoms with van der Waals surface area (Å²) in [5, 5.41) is 4.69. The predicted molar refractivity (Wildman–Crippen MR) is 47.1 cm³/mol. The summed E-state index contributed by atoms with van der Waals surface area (Å²) in [6, 6.07) is 3.60. The zero-order valence-corrected chi connectivity index (χ0v) is 7.40. The maximum atomic E-state index is 5.12. The molecule has 0 unspecified atom stereocenters. The minimum absolute atomic E-state index is 0.656. The molecule has 2 rings (SSSR count). The van der Waals surface area contributed by atoms with Crippen molar-refractivity contribution in [1.82, 2.24) is 5.16 Å². The van der Waals surface area contributed by atoms with Crippen molar-refractivity contribution in [3.05, 3.63) is 18.4 Å². The lowest BCUT2D eigenvalue weighted by molar-refractivity contribution is 0.355. The van der Waals surface area contributed by atoms with E-state index in [0.29, 0.717) is 11.5 Å². The van der Waals surface area contributed by atoms with E-state index in [0.717, 1.165) is 10.9 Å². The van der Waals surface area contributed by atoms with E-state index in [-0.39, 0.29) is 0 Å². The van der Waals surface area contributed by atoms with Crippen molar-refractivity contribution < 1.29 is 14.0 Å². The predicted octanol–water partition coefficient (Wildman–Crippen LogP) is 1.84. The highest BCUT2D eigenvalue weighted by molar-refractivity contribution is 5.81. The number of hydrogen-bond acceptors (Lipinski definition) is 4. The number of aromatic nitrogens is 1. The van der Waals surface area contributed by atoms with Crippen LogP contribution >= 0.6 is 0 Å². The number of benzene rings is 1. The van der Waals surface area contributed by atoms with E-state index in [1.807, 2.05) is 6.07 Å². The Bertz CT molecular complexity index is 384. The molecule has 13 heavy (non-hydrogen) atoms. The van der Waals surface area contributed by atoms with Crippen LogP contribution < -0.4 is 9.47 Å². The second-order valence-corrected chi connectivity index (χ2v) is 2.58. The molecule has 0 saturated heterocycles. The van der Waals surface area contributed by atoms with E-state index in [1.54, 1.807) is 26.5 Å². The zero-order chi connectivity index (χ0) is 9.26. The van der Waals surface area contributed by atoms with Crippen LogP contribution in [0.1, 0.15) is 0 Å². The summed E-state index contributed by atoms with van der Waals surface area (Å²) in [4.78, 5) is 0. The van der Waals surface area contributed by atoms with E-state index >= 15 is 0 Å². The molecule has 0 radical (unpaired) electrons. The van der Waals surface area contributed by atoms with Gasteiger partial charge in [0.15, 0.2) is 11.5 Å². The van der Waals surface area contributed by atoms with Gasteiger partial charge in [-0.05, 0) is 6.07 Å². The van der Waals surface area contributed by atoms with Gasteiger partial charge in [-0.3, -0.25) is 0 Å². The summed E-state index contributed by atoms with van der Waals surface area (Å²) < 4.78 is 15.0. The maximum Gasteiger partial charge on any atom is 0.163 e. The summed E-state index contributed by atoms with van der Waals surface area (Å²) in [5.41, 5.74) is 0.762. The minimum atomic E-state index is 0.656. The van der Waals surface area contributed by atoms with Crippen LogP contribution in [0.4, 0.5) is 0 Å². The van der Waals surface area contributed by atoms with E-state index in [9.17, 15) is 0 Å². The highest BCUT2D eigenvalue weighted by Gasteiger charge is 2.07. The monoisotopic (exact) mass is 179 g/mol. The Balaban J connectivity index is 2.67. The zero-order valence-electron chi connectivity index (χ0n) is 7.40. The van der Waals surface area contributed by atoms with Crippen LogP contribution in [0, 0.1) is 0 Å². The van der Waals surface area contributed by atoms with Crippen LogP contribution in [0.5, 0.6) is 11.5 Å². The normalized spacial score (nSPS) is 10.3. The van der Waals surface area contributed by atoms with Crippen molar-refractivity contribution in [2.45, 2.75) is 0 Å². The standard InChI is InChI=1S/C9H9NO3/c1-11-8-3-6-5-13-10-7(6)4-9(8)12-2/h3-5H,1-2H3. The Kier molecular flexibility index (Phi) is 1.81. The molecule has 0 bridgehead atoms. The number of fused-ring (bicyclic) bond motifs is 1. The Morgan fingerprint density at radius 1 is 1.15 bits per heavy atom. The van der Waals surface area contributed by atoms with Crippen LogP contribution in [0.2, 0.25) is 0 Å². The molecule has 0 aliphatic carbocycles. The van der Waals surface area contributed by atoms with Gasteiger partial charge in [0.1, 0.15) is 11.8 Å². The van der Waals surface area contributed by atoms with E-state index in [1.165, 1.54) is 0 Å². The molecule has 1 aromatic heterocycles. The molecule has 4 nitrogen and oxygen atoms in total. The second-order valence-electron chi connectivity index (χ2n) is 2.58. The number of hydrogen-bond donors (Lipinski definition) is 0. The molecule has 68 valence electrons. The second kappa shape index (κ2) is 2.97. The first-order valence-corrected chi connectivity index (χ1v) is 3.81. The van der Waals surface area contributed by atoms with Crippen LogP contribution in [0.25, 0.3) is 10.9 Å². The quantitative estimate of drug-likeness (QED) is 0.705. The lowest BCUT2D eigenvalue weighted by Gasteiger charge is -2.05. The van der Waals surface area contributed by atoms with Gasteiger partial charge in [0.25, 0.3) is 0 Å². The average Bonchev–Trinajstić information content (AvgIpc) is 2.62. The van der Waals surface area contributed by atoms with Gasteiger partial charge in [0.05, 0.1) is 14.2 Å². The number of rotatable bonds is 2. The Morgan fingerprint density at radius 3 is 2.54 bits per heavy atom. The molecule has 1 heterocycles. The van der Waals surface area contributed by atoms with E-state index in [2.05, 4.69) is 5.16 Å². The summed E-state index contributed by atoms with van der Waals surface area (Å²) in [5.74, 6) is 1.34. The fraction of sp³-hybridized carbons (Fsp3) is 0.222. The van der Waals surface area contributed by atoms with Gasteiger partial charge in [-0.2, -0.15) is 0 Å². The molecule has 0 N–H and O–H groups in total. The highest BCUT2D eigenvalue weighted by atomic mass is 16.5. The first kappa shape index (κ1) is 7.91. The average molecular weight is 179 g/mol. The largest absolute Gasteiger partial charge is 0.493 e. The highest BCUT2D eigenvalue weighted by Crippen LogP contribution is 2.31. The molecule has 2 aromatic rings. The molecule has 0 fully saturated rings. The van der Waals surface area contributed by atoms with Crippen molar-refractivity contribution in [2.24, 2.45) is 0 Å². The number of ether oxygens (including phenoxy) is 2. The maximum absolute atomic E-state index is 5.12. The Morgan fingerprint density at radius 2 is 1.85 bits per heavy atom. The summed E-state index contributed by atoms with van der Waals surface area (Å²) >= 11 is 0. The van der Waals surface area contributed by atoms with Gasteiger partial charge in [0, 0.05) is 11.5 Å². The lowest BCUT2D eigenvalue weighted by Crippen LogP contribution is -1.89. The van der Waals surface area contributed by atoms with Gasteiger partial charge in [-0.25, -0.2) is 0 Å². The lowest BCUT2D eigenvalue weighted by atomic mass is 10.2. The van der Waals surface area contributed by atoms with E-state index < -0.39 is 0 Å². The van der Waals surface area contributed by atoms with Gasteiger partial charge in [0.2, 0.25) is 0 Å². The first-order chi connectivity index (χ1) is 6.35. The van der Waals surface area contributed by atoms with Gasteiger partial charge < -0.3 is 14.0 Å². The SMILES string of the molecule is COc1cc2conc2cc1OC. The number of nitrogens with zero attached hydrogens (tertiary/aromatic N) is 1. The van der Waals surface area contributed by atoms with Crippen molar-refractivity contribution in [1.29, 1.82) is 0 Å². The Labute approximate surface area is 75.0 Å². The van der Waals surface area contributed by atoms with Crippen LogP contribution in [0.15, 0.2) is 22.9 Å². The molecule has 0 aliphatic heterocycles. The third-order valence-corrected chi connectivity index (χ3v) is 1.86. The number of methoxy groups -OCH3 is 2. The molecule has 0 saturated carbocycles. The smallest absolute Gasteiger partial charge is 0.163 e. The molecule has 1 aromatic carbocycles. The van der Waals surface area contributed by atoms with Crippen LogP contribution in [-0.4, -0.2) is 19.4 Å². The summed E-state index contributed by atoms with van der Waals surface area (Å²) in [7, 11) is 3.18. The molecule has 0 aliphatic rings. The summed E-state index contributed by atoms with van der Waals surface area (Å²) in [6.07, 6.45) is 1.57. The van der Waals surface area contributed by atoms with E-state index in [4.69, 9.17) is 14.0 Å². The Hall–Kier alpha value is -1.71. The molecular weight excluding hydrogens is 170 g/mol. The fourth-order valence-corrected chi connectivity index (χ4v) is 1.20. The first-order valence-electron chi connectivity index (χ1n) is 3.81. The van der Waals surface area contributed by atoms with Gasteiger partial charge in [-0.15, -0.1) is 0 Å². The fourth-order valence-electron chi connectivity index (χ4n) is 1.20. The molecule has 0 atom stereocenters. The van der Waals surface area contributed by atoms with Crippen molar-refractivity contribution in [3.63, 3.8) is 0 Å². The molecule has 0 amide bonds. The molecule has 4 heteroatoms. The topological polar surface area (TPSA) is 44.5 Å². The van der Waals surface area contributed by atoms with Crippen molar-refractivity contribution in [2.75, 3.05) is 14.2 Å². The van der Waals surface area contributed by atoms with Crippen molar-refractivity contribution in [3.8, 4) is 11.5 Å². The van der Waals surface area contributed by atoms with Crippen LogP contribution in [-0.2, 0) is 0 Å². The van der Waals surface area contributed by atoms with Gasteiger partial charge >= 0.3 is 0 Å². The third-order valence-electron chi connectivity index (χ3n) is 1.86. The van der Waals surface area contributed by atoms with Gasteiger partial charge in [-0.1, -0.05) is 5.16 Å². The molecular formula is C9H9NO3.